The van der Waals surface area contributed by atoms with Gasteiger partial charge in [0.2, 0.25) is 0 Å². The molecule has 20 heavy (non-hydrogen) atoms. The van der Waals surface area contributed by atoms with E-state index in [-0.39, 0.29) is 11.4 Å². The molecule has 3 nitrogen and oxygen atoms in total. The molecule has 0 radical (unpaired) electrons. The normalized spacial score (nSPS) is 12.8. The van der Waals surface area contributed by atoms with Crippen LogP contribution in [-0.2, 0) is 16.0 Å². The lowest BCUT2D eigenvalue weighted by molar-refractivity contribution is -0.108. The van der Waals surface area contributed by atoms with Crippen molar-refractivity contribution in [1.82, 2.24) is 0 Å². The Kier molecular flexibility index (Phi) is 5.93. The summed E-state index contributed by atoms with van der Waals surface area (Å²) in [6.07, 6.45) is 3.33. The van der Waals surface area contributed by atoms with Crippen LogP contribution in [0.15, 0.2) is 24.3 Å². The molecule has 0 aliphatic rings. The molecule has 1 rings (SSSR count). The Morgan fingerprint density at radius 2 is 2.05 bits per heavy atom. The molecule has 3 heteroatoms. The smallest absolute Gasteiger partial charge is 0.337 e. The molecule has 1 aromatic rings. The van der Waals surface area contributed by atoms with Gasteiger partial charge in [-0.15, -0.1) is 0 Å². The van der Waals surface area contributed by atoms with Crippen LogP contribution in [0.1, 0.15) is 49.5 Å². The van der Waals surface area contributed by atoms with Gasteiger partial charge in [-0.05, 0) is 41.9 Å². The fourth-order valence-corrected chi connectivity index (χ4v) is 2.52. The third-order valence-electron chi connectivity index (χ3n) is 3.20. The Hall–Kier alpha value is -1.64. The number of hydrogen-bond donors (Lipinski definition) is 0. The zero-order valence-electron chi connectivity index (χ0n) is 12.8. The van der Waals surface area contributed by atoms with E-state index < -0.39 is 0 Å². The Morgan fingerprint density at radius 3 is 2.60 bits per heavy atom. The van der Waals surface area contributed by atoms with Crippen LogP contribution in [0.3, 0.4) is 0 Å². The van der Waals surface area contributed by atoms with E-state index in [0.717, 1.165) is 24.7 Å². The molecule has 0 heterocycles. The first-order valence-corrected chi connectivity index (χ1v) is 6.96. The highest BCUT2D eigenvalue weighted by Crippen LogP contribution is 2.28. The van der Waals surface area contributed by atoms with Crippen molar-refractivity contribution >= 4 is 12.3 Å². The molecule has 0 saturated heterocycles. The predicted octanol–water partition coefficient (Wildman–Crippen LogP) is 3.66. The molecule has 0 aromatic heterocycles. The average molecular weight is 276 g/mol. The molecular formula is C17H24O3. The van der Waals surface area contributed by atoms with Crippen LogP contribution in [0.2, 0.25) is 0 Å². The highest BCUT2D eigenvalue weighted by molar-refractivity contribution is 5.89. The van der Waals surface area contributed by atoms with E-state index in [0.29, 0.717) is 17.9 Å². The SMILES string of the molecule is COC(=O)c1cccc(CC(CC=O)CC(C)(C)C)c1. The van der Waals surface area contributed by atoms with E-state index in [1.807, 2.05) is 18.2 Å². The molecule has 1 unspecified atom stereocenters. The molecule has 0 aliphatic carbocycles. The number of carbonyl (C=O) groups excluding carboxylic acids is 2. The van der Waals surface area contributed by atoms with Gasteiger partial charge in [0.1, 0.15) is 6.29 Å². The van der Waals surface area contributed by atoms with Crippen molar-refractivity contribution in [2.75, 3.05) is 7.11 Å². The molecule has 0 fully saturated rings. The van der Waals surface area contributed by atoms with Gasteiger partial charge in [-0.25, -0.2) is 4.79 Å². The second kappa shape index (κ2) is 7.22. The number of esters is 1. The van der Waals surface area contributed by atoms with E-state index in [1.165, 1.54) is 7.11 Å². The van der Waals surface area contributed by atoms with Crippen molar-refractivity contribution in [3.63, 3.8) is 0 Å². The Bertz CT molecular complexity index is 458. The lowest BCUT2D eigenvalue weighted by atomic mass is 9.80. The van der Waals surface area contributed by atoms with Crippen LogP contribution in [0.25, 0.3) is 0 Å². The summed E-state index contributed by atoms with van der Waals surface area (Å²) < 4.78 is 4.73. The average Bonchev–Trinajstić information content (AvgIpc) is 2.36. The second-order valence-corrected chi connectivity index (χ2v) is 6.43. The van der Waals surface area contributed by atoms with Crippen LogP contribution in [0, 0.1) is 11.3 Å². The summed E-state index contributed by atoms with van der Waals surface area (Å²) in [6.45, 7) is 6.53. The van der Waals surface area contributed by atoms with Crippen LogP contribution in [0.5, 0.6) is 0 Å². The number of hydrogen-bond acceptors (Lipinski definition) is 3. The largest absolute Gasteiger partial charge is 0.465 e. The first-order chi connectivity index (χ1) is 9.35. The number of benzene rings is 1. The maximum atomic E-state index is 11.5. The van der Waals surface area contributed by atoms with Gasteiger partial charge < -0.3 is 9.53 Å². The van der Waals surface area contributed by atoms with Gasteiger partial charge >= 0.3 is 5.97 Å². The second-order valence-electron chi connectivity index (χ2n) is 6.43. The molecule has 1 atom stereocenters. The minimum Gasteiger partial charge on any atom is -0.465 e. The van der Waals surface area contributed by atoms with Crippen molar-refractivity contribution < 1.29 is 14.3 Å². The fourth-order valence-electron chi connectivity index (χ4n) is 2.52. The van der Waals surface area contributed by atoms with Crippen LogP contribution < -0.4 is 0 Å². The predicted molar refractivity (Wildman–Crippen MR) is 79.7 cm³/mol. The van der Waals surface area contributed by atoms with Gasteiger partial charge in [-0.2, -0.15) is 0 Å². The molecule has 0 bridgehead atoms. The molecule has 0 aliphatic heterocycles. The molecule has 0 spiro atoms. The lowest BCUT2D eigenvalue weighted by Crippen LogP contribution is -2.16. The summed E-state index contributed by atoms with van der Waals surface area (Å²) in [5.74, 6) is -0.0185. The van der Waals surface area contributed by atoms with Gasteiger partial charge in [-0.1, -0.05) is 32.9 Å². The number of methoxy groups -OCH3 is 1. The molecule has 0 amide bonds. The first kappa shape index (κ1) is 16.4. The summed E-state index contributed by atoms with van der Waals surface area (Å²) in [4.78, 5) is 22.4. The molecule has 0 saturated carbocycles. The van der Waals surface area contributed by atoms with E-state index in [1.54, 1.807) is 6.07 Å². The van der Waals surface area contributed by atoms with Crippen LogP contribution in [-0.4, -0.2) is 19.4 Å². The maximum absolute atomic E-state index is 11.5. The minimum atomic E-state index is -0.324. The van der Waals surface area contributed by atoms with Gasteiger partial charge in [0.05, 0.1) is 12.7 Å². The monoisotopic (exact) mass is 276 g/mol. The van der Waals surface area contributed by atoms with Gasteiger partial charge in [0.15, 0.2) is 0 Å². The topological polar surface area (TPSA) is 43.4 Å². The summed E-state index contributed by atoms with van der Waals surface area (Å²) in [7, 11) is 1.38. The van der Waals surface area contributed by atoms with Crippen molar-refractivity contribution in [1.29, 1.82) is 0 Å². The van der Waals surface area contributed by atoms with Crippen molar-refractivity contribution in [2.45, 2.75) is 40.0 Å². The fraction of sp³-hybridized carbons (Fsp3) is 0.529. The summed E-state index contributed by atoms with van der Waals surface area (Å²) in [5, 5.41) is 0. The summed E-state index contributed by atoms with van der Waals surface area (Å²) in [6, 6.07) is 7.45. The third kappa shape index (κ3) is 5.55. The molecule has 110 valence electrons. The number of rotatable bonds is 6. The van der Waals surface area contributed by atoms with E-state index in [4.69, 9.17) is 4.74 Å². The zero-order valence-corrected chi connectivity index (χ0v) is 12.8. The maximum Gasteiger partial charge on any atom is 0.337 e. The van der Waals surface area contributed by atoms with E-state index >= 15 is 0 Å². The van der Waals surface area contributed by atoms with Crippen molar-refractivity contribution in [3.8, 4) is 0 Å². The van der Waals surface area contributed by atoms with Crippen molar-refractivity contribution in [2.24, 2.45) is 11.3 Å². The molecule has 1 aromatic carbocycles. The minimum absolute atomic E-state index is 0.188. The molecular weight excluding hydrogens is 252 g/mol. The molecule has 0 N–H and O–H groups in total. The zero-order chi connectivity index (χ0) is 15.2. The highest BCUT2D eigenvalue weighted by atomic mass is 16.5. The Labute approximate surface area is 121 Å². The number of aldehydes is 1. The van der Waals surface area contributed by atoms with Crippen molar-refractivity contribution in [3.05, 3.63) is 35.4 Å². The van der Waals surface area contributed by atoms with Gasteiger partial charge in [0.25, 0.3) is 0 Å². The number of carbonyl (C=O) groups is 2. The van der Waals surface area contributed by atoms with Crippen LogP contribution in [0.4, 0.5) is 0 Å². The quantitative estimate of drug-likeness (QED) is 0.588. The highest BCUT2D eigenvalue weighted by Gasteiger charge is 2.19. The van der Waals surface area contributed by atoms with Gasteiger partial charge in [-0.3, -0.25) is 0 Å². The third-order valence-corrected chi connectivity index (χ3v) is 3.20. The van der Waals surface area contributed by atoms with E-state index in [9.17, 15) is 9.59 Å². The summed E-state index contributed by atoms with van der Waals surface area (Å²) >= 11 is 0. The summed E-state index contributed by atoms with van der Waals surface area (Å²) in [5.41, 5.74) is 1.82. The number of ether oxygens (including phenoxy) is 1. The van der Waals surface area contributed by atoms with Gasteiger partial charge in [0, 0.05) is 6.42 Å². The Morgan fingerprint density at radius 1 is 1.35 bits per heavy atom. The van der Waals surface area contributed by atoms with E-state index in [2.05, 4.69) is 20.8 Å². The lowest BCUT2D eigenvalue weighted by Gasteiger charge is -2.25. The Balaban J connectivity index is 2.82. The standard InChI is InChI=1S/C17H24O3/c1-17(2,3)12-14(8-9-18)10-13-6-5-7-15(11-13)16(19)20-4/h5-7,9,11,14H,8,10,12H2,1-4H3. The van der Waals surface area contributed by atoms with Crippen LogP contribution >= 0.6 is 0 Å². The first-order valence-electron chi connectivity index (χ1n) is 6.96.